The van der Waals surface area contributed by atoms with Crippen LogP contribution in [0.5, 0.6) is 0 Å². The molecule has 48 heavy (non-hydrogen) atoms. The Morgan fingerprint density at radius 2 is 0.750 bits per heavy atom. The van der Waals surface area contributed by atoms with Crippen LogP contribution >= 0.6 is 47.0 Å². The van der Waals surface area contributed by atoms with Crippen molar-refractivity contribution in [3.63, 3.8) is 0 Å². The number of rotatable bonds is 39. The van der Waals surface area contributed by atoms with Crippen molar-refractivity contribution < 1.29 is 29.3 Å². The van der Waals surface area contributed by atoms with E-state index in [-0.39, 0.29) is 25.2 Å². The second kappa shape index (κ2) is 40.0. The average molecular weight is 755 g/mol. The van der Waals surface area contributed by atoms with Gasteiger partial charge in [0.2, 0.25) is 0 Å². The molecule has 286 valence electrons. The Labute approximate surface area is 313 Å². The summed E-state index contributed by atoms with van der Waals surface area (Å²) in [6, 6.07) is 0. The molecule has 0 aliphatic heterocycles. The Bertz CT molecular complexity index is 632. The Morgan fingerprint density at radius 3 is 1.08 bits per heavy atom. The van der Waals surface area contributed by atoms with E-state index in [2.05, 4.69) is 13.8 Å². The van der Waals surface area contributed by atoms with Crippen LogP contribution in [0, 0.1) is 0 Å². The first-order chi connectivity index (χ1) is 23.5. The topological polar surface area (TPSA) is 93.1 Å². The summed E-state index contributed by atoms with van der Waals surface area (Å²) in [4.78, 5) is 23.9. The van der Waals surface area contributed by atoms with Gasteiger partial charge in [0.15, 0.2) is 0 Å². The van der Waals surface area contributed by atoms with Gasteiger partial charge in [-0.2, -0.15) is 47.0 Å². The van der Waals surface area contributed by atoms with Gasteiger partial charge in [-0.05, 0) is 24.3 Å². The summed E-state index contributed by atoms with van der Waals surface area (Å²) in [7, 11) is 0. The number of aliphatic hydroxyl groups excluding tert-OH is 2. The van der Waals surface area contributed by atoms with Crippen LogP contribution in [0.4, 0.5) is 0 Å². The molecule has 0 aliphatic carbocycles. The highest BCUT2D eigenvalue weighted by atomic mass is 32.2. The molecule has 0 fully saturated rings. The van der Waals surface area contributed by atoms with Crippen LogP contribution in [0.25, 0.3) is 0 Å². The standard InChI is InChI=1S/C38H74O6S4/c1-3-5-7-9-11-13-15-17-19-21-25-45-27-23-37(41)43-31-35(39)33-47-29-30-48-34-36(40)32-44-38(42)24-28-46-26-22-20-18-16-14-12-10-8-6-4-2/h35-36,39-40H,3-34H2,1-2H3. The lowest BCUT2D eigenvalue weighted by Crippen LogP contribution is -2.22. The minimum atomic E-state index is -0.665. The van der Waals surface area contributed by atoms with Gasteiger partial charge in [0, 0.05) is 34.5 Å². The van der Waals surface area contributed by atoms with Crippen LogP contribution in [0.15, 0.2) is 0 Å². The van der Waals surface area contributed by atoms with Crippen molar-refractivity contribution in [1.29, 1.82) is 0 Å². The van der Waals surface area contributed by atoms with Crippen molar-refractivity contribution in [3.8, 4) is 0 Å². The molecule has 0 aromatic rings. The number of unbranched alkanes of at least 4 members (excludes halogenated alkanes) is 18. The lowest BCUT2D eigenvalue weighted by Gasteiger charge is -2.12. The van der Waals surface area contributed by atoms with Crippen molar-refractivity contribution in [2.45, 2.75) is 167 Å². The van der Waals surface area contributed by atoms with E-state index in [1.807, 2.05) is 23.5 Å². The zero-order valence-corrected chi connectivity index (χ0v) is 34.2. The first kappa shape index (κ1) is 48.3. The van der Waals surface area contributed by atoms with Gasteiger partial charge < -0.3 is 19.7 Å². The Morgan fingerprint density at radius 1 is 0.438 bits per heavy atom. The number of ether oxygens (including phenoxy) is 2. The smallest absolute Gasteiger partial charge is 0.306 e. The van der Waals surface area contributed by atoms with Crippen LogP contribution in [0.1, 0.15) is 155 Å². The second-order valence-corrected chi connectivity index (χ2v) is 17.7. The molecule has 0 aromatic heterocycles. The van der Waals surface area contributed by atoms with Crippen LogP contribution in [-0.4, -0.2) is 93.6 Å². The van der Waals surface area contributed by atoms with E-state index in [0.717, 1.165) is 34.5 Å². The number of aliphatic hydroxyl groups is 2. The van der Waals surface area contributed by atoms with Crippen molar-refractivity contribution in [2.75, 3.05) is 59.2 Å². The maximum Gasteiger partial charge on any atom is 0.306 e. The van der Waals surface area contributed by atoms with Crippen LogP contribution in [-0.2, 0) is 19.1 Å². The summed E-state index contributed by atoms with van der Waals surface area (Å²) >= 11 is 6.85. The largest absolute Gasteiger partial charge is 0.463 e. The third kappa shape index (κ3) is 39.1. The lowest BCUT2D eigenvalue weighted by atomic mass is 10.1. The number of esters is 2. The zero-order chi connectivity index (χ0) is 35.2. The average Bonchev–Trinajstić information content (AvgIpc) is 3.08. The Balaban J connectivity index is 3.43. The molecule has 0 spiro atoms. The minimum Gasteiger partial charge on any atom is -0.463 e. The van der Waals surface area contributed by atoms with E-state index in [1.54, 1.807) is 23.5 Å². The molecule has 0 radical (unpaired) electrons. The summed E-state index contributed by atoms with van der Waals surface area (Å²) in [5, 5.41) is 20.2. The summed E-state index contributed by atoms with van der Waals surface area (Å²) < 4.78 is 10.5. The van der Waals surface area contributed by atoms with Crippen molar-refractivity contribution in [2.24, 2.45) is 0 Å². The van der Waals surface area contributed by atoms with Crippen LogP contribution in [0.3, 0.4) is 0 Å². The van der Waals surface area contributed by atoms with E-state index in [9.17, 15) is 19.8 Å². The van der Waals surface area contributed by atoms with Gasteiger partial charge in [0.1, 0.15) is 13.2 Å². The van der Waals surface area contributed by atoms with Gasteiger partial charge in [-0.1, -0.05) is 129 Å². The summed E-state index contributed by atoms with van der Waals surface area (Å²) in [6.45, 7) is 4.61. The maximum absolute atomic E-state index is 12.0. The molecule has 10 heteroatoms. The highest BCUT2D eigenvalue weighted by Crippen LogP contribution is 2.15. The second-order valence-electron chi connectivity index (χ2n) is 12.9. The molecular formula is C38H74O6S4. The third-order valence-corrected chi connectivity index (χ3v) is 12.7. The van der Waals surface area contributed by atoms with E-state index in [1.165, 1.54) is 128 Å². The van der Waals surface area contributed by atoms with E-state index < -0.39 is 12.2 Å². The quantitative estimate of drug-likeness (QED) is 0.0467. The predicted molar refractivity (Wildman–Crippen MR) is 216 cm³/mol. The number of hydrogen-bond donors (Lipinski definition) is 2. The third-order valence-electron chi connectivity index (χ3n) is 8.05. The molecule has 0 bridgehead atoms. The molecule has 2 atom stereocenters. The fraction of sp³-hybridized carbons (Fsp3) is 0.947. The molecule has 0 saturated carbocycles. The van der Waals surface area contributed by atoms with Gasteiger partial charge in [-0.3, -0.25) is 9.59 Å². The number of thioether (sulfide) groups is 4. The SMILES string of the molecule is CCCCCCCCCCCCSCCC(=O)OCC(O)CSCCSCC(O)COC(=O)CCSCCCCCCCCCCCC. The van der Waals surface area contributed by atoms with Gasteiger partial charge in [-0.15, -0.1) is 0 Å². The van der Waals surface area contributed by atoms with Gasteiger partial charge in [-0.25, -0.2) is 0 Å². The molecule has 0 amide bonds. The monoisotopic (exact) mass is 754 g/mol. The van der Waals surface area contributed by atoms with Gasteiger partial charge in [0.25, 0.3) is 0 Å². The van der Waals surface area contributed by atoms with E-state index in [0.29, 0.717) is 24.3 Å². The number of carbonyl (C=O) groups is 2. The predicted octanol–water partition coefficient (Wildman–Crippen LogP) is 10.3. The van der Waals surface area contributed by atoms with E-state index in [4.69, 9.17) is 9.47 Å². The highest BCUT2D eigenvalue weighted by Gasteiger charge is 2.11. The first-order valence-electron chi connectivity index (χ1n) is 19.5. The molecule has 2 N–H and O–H groups in total. The lowest BCUT2D eigenvalue weighted by molar-refractivity contribution is -0.146. The molecule has 2 unspecified atom stereocenters. The molecule has 0 aliphatic rings. The fourth-order valence-corrected chi connectivity index (χ4v) is 8.93. The van der Waals surface area contributed by atoms with Gasteiger partial charge >= 0.3 is 11.9 Å². The maximum atomic E-state index is 12.0. The molecule has 0 rings (SSSR count). The molecule has 0 aromatic carbocycles. The van der Waals surface area contributed by atoms with Crippen LogP contribution < -0.4 is 0 Å². The number of carbonyl (C=O) groups excluding carboxylic acids is 2. The first-order valence-corrected chi connectivity index (χ1v) is 24.1. The minimum absolute atomic E-state index is 0.0456. The van der Waals surface area contributed by atoms with Crippen molar-refractivity contribution >= 4 is 59.0 Å². The molecular weight excluding hydrogens is 681 g/mol. The Hall–Kier alpha value is 0.260. The van der Waals surface area contributed by atoms with Crippen molar-refractivity contribution in [1.82, 2.24) is 0 Å². The summed E-state index contributed by atoms with van der Waals surface area (Å²) in [5.74, 6) is 5.97. The van der Waals surface area contributed by atoms with E-state index >= 15 is 0 Å². The number of hydrogen-bond acceptors (Lipinski definition) is 10. The summed E-state index contributed by atoms with van der Waals surface area (Å²) in [6.07, 6.45) is 26.3. The fourth-order valence-electron chi connectivity index (χ4n) is 5.07. The zero-order valence-electron chi connectivity index (χ0n) is 30.9. The summed E-state index contributed by atoms with van der Waals surface area (Å²) in [5.41, 5.74) is 0. The van der Waals surface area contributed by atoms with Gasteiger partial charge in [0.05, 0.1) is 25.0 Å². The Kier molecular flexibility index (Phi) is 40.3. The molecule has 0 heterocycles. The van der Waals surface area contributed by atoms with Crippen LogP contribution in [0.2, 0.25) is 0 Å². The highest BCUT2D eigenvalue weighted by molar-refractivity contribution is 8.03. The molecule has 6 nitrogen and oxygen atoms in total. The van der Waals surface area contributed by atoms with Crippen molar-refractivity contribution in [3.05, 3.63) is 0 Å². The normalized spacial score (nSPS) is 12.7. The molecule has 0 saturated heterocycles.